The fourth-order valence-corrected chi connectivity index (χ4v) is 1.46. The van der Waals surface area contributed by atoms with Crippen LogP contribution < -0.4 is 0 Å². The maximum Gasteiger partial charge on any atom is 0.420 e. The molecular weight excluding hydrogens is 294 g/mol. The van der Waals surface area contributed by atoms with Crippen LogP contribution in [0.25, 0.3) is 0 Å². The summed E-state index contributed by atoms with van der Waals surface area (Å²) in [7, 11) is 0. The van der Waals surface area contributed by atoms with Crippen LogP contribution in [0.1, 0.15) is 24.2 Å². The molecule has 0 aliphatic heterocycles. The first-order valence-electron chi connectivity index (χ1n) is 6.27. The molecule has 0 aromatic heterocycles. The molecule has 0 aliphatic rings. The molecule has 1 aromatic carbocycles. The number of hydrogen-bond acceptors (Lipinski definition) is 6. The van der Waals surface area contributed by atoms with E-state index in [1.165, 1.54) is 19.1 Å². The van der Waals surface area contributed by atoms with Crippen LogP contribution in [0.15, 0.2) is 30.3 Å². The minimum absolute atomic E-state index is 0.263. The van der Waals surface area contributed by atoms with E-state index in [2.05, 4.69) is 0 Å². The molecule has 118 valence electrons. The third kappa shape index (κ3) is 5.23. The number of carboxylic acid groups (broad SMARTS) is 1. The second kappa shape index (κ2) is 7.77. The summed E-state index contributed by atoms with van der Waals surface area (Å²) in [5, 5.41) is 8.62. The number of rotatable bonds is 5. The number of hydrogen-bond donors (Lipinski definition) is 1. The quantitative estimate of drug-likeness (QED) is 0.644. The van der Waals surface area contributed by atoms with Gasteiger partial charge in [-0.05, 0) is 12.1 Å². The van der Waals surface area contributed by atoms with Crippen molar-refractivity contribution in [2.45, 2.75) is 20.1 Å². The lowest BCUT2D eigenvalue weighted by Crippen LogP contribution is -2.41. The van der Waals surface area contributed by atoms with E-state index in [0.29, 0.717) is 4.90 Å². The van der Waals surface area contributed by atoms with E-state index in [1.54, 1.807) is 18.2 Å². The van der Waals surface area contributed by atoms with Crippen molar-refractivity contribution < 1.29 is 33.8 Å². The van der Waals surface area contributed by atoms with Gasteiger partial charge in [0.15, 0.2) is 0 Å². The number of carboxylic acids is 1. The van der Waals surface area contributed by atoms with Crippen LogP contribution in [0.5, 0.6) is 0 Å². The molecule has 1 atom stereocenters. The summed E-state index contributed by atoms with van der Waals surface area (Å²) in [6, 6.07) is 8.03. The van der Waals surface area contributed by atoms with Gasteiger partial charge in [0.2, 0.25) is 12.2 Å². The Labute approximate surface area is 126 Å². The van der Waals surface area contributed by atoms with Gasteiger partial charge in [-0.15, -0.1) is 0 Å². The van der Waals surface area contributed by atoms with Gasteiger partial charge in [-0.3, -0.25) is 9.59 Å². The highest BCUT2D eigenvalue weighted by atomic mass is 16.7. The Kier molecular flexibility index (Phi) is 6.06. The SMILES string of the molecule is CC(=O)N(CC(=O)O)C(=O)OC(C)OC(=O)c1ccccc1. The maximum absolute atomic E-state index is 11.7. The van der Waals surface area contributed by atoms with E-state index in [1.807, 2.05) is 0 Å². The van der Waals surface area contributed by atoms with Gasteiger partial charge in [-0.25, -0.2) is 14.5 Å². The molecule has 1 N–H and O–H groups in total. The van der Waals surface area contributed by atoms with Crippen molar-refractivity contribution in [1.82, 2.24) is 4.90 Å². The van der Waals surface area contributed by atoms with Crippen molar-refractivity contribution in [3.63, 3.8) is 0 Å². The van der Waals surface area contributed by atoms with E-state index >= 15 is 0 Å². The van der Waals surface area contributed by atoms with Gasteiger partial charge in [0.25, 0.3) is 0 Å². The Morgan fingerprint density at radius 1 is 1.14 bits per heavy atom. The summed E-state index contributed by atoms with van der Waals surface area (Å²) in [6.45, 7) is 1.45. The van der Waals surface area contributed by atoms with Gasteiger partial charge < -0.3 is 14.6 Å². The van der Waals surface area contributed by atoms with Crippen molar-refractivity contribution in [2.75, 3.05) is 6.54 Å². The number of amides is 2. The Balaban J connectivity index is 2.61. The van der Waals surface area contributed by atoms with Crippen molar-refractivity contribution in [3.8, 4) is 0 Å². The number of nitrogens with zero attached hydrogens (tertiary/aromatic N) is 1. The summed E-state index contributed by atoms with van der Waals surface area (Å²) < 4.78 is 9.60. The van der Waals surface area contributed by atoms with Crippen LogP contribution in [-0.2, 0) is 19.1 Å². The highest BCUT2D eigenvalue weighted by Crippen LogP contribution is 2.06. The fourth-order valence-electron chi connectivity index (χ4n) is 1.46. The van der Waals surface area contributed by atoms with Gasteiger partial charge in [0.1, 0.15) is 6.54 Å². The molecule has 0 saturated carbocycles. The number of aliphatic carboxylic acids is 1. The molecular formula is C14H15NO7. The highest BCUT2D eigenvalue weighted by molar-refractivity contribution is 5.94. The van der Waals surface area contributed by atoms with Gasteiger partial charge in [-0.1, -0.05) is 18.2 Å². The molecule has 22 heavy (non-hydrogen) atoms. The van der Waals surface area contributed by atoms with Crippen molar-refractivity contribution in [1.29, 1.82) is 0 Å². The van der Waals surface area contributed by atoms with E-state index in [0.717, 1.165) is 6.92 Å². The first-order chi connectivity index (χ1) is 10.3. The Hall–Kier alpha value is -2.90. The first-order valence-corrected chi connectivity index (χ1v) is 6.27. The number of esters is 1. The molecule has 0 spiro atoms. The van der Waals surface area contributed by atoms with Gasteiger partial charge in [0, 0.05) is 13.8 Å². The van der Waals surface area contributed by atoms with Crippen LogP contribution in [0.4, 0.5) is 4.79 Å². The summed E-state index contributed by atoms with van der Waals surface area (Å²) in [5.74, 6) is -2.89. The van der Waals surface area contributed by atoms with Crippen molar-refractivity contribution in [3.05, 3.63) is 35.9 Å². The predicted octanol–water partition coefficient (Wildman–Crippen LogP) is 1.26. The van der Waals surface area contributed by atoms with Crippen LogP contribution in [0.3, 0.4) is 0 Å². The Morgan fingerprint density at radius 3 is 2.23 bits per heavy atom. The molecule has 8 heteroatoms. The van der Waals surface area contributed by atoms with Gasteiger partial charge >= 0.3 is 18.0 Å². The second-order valence-corrected chi connectivity index (χ2v) is 4.22. The standard InChI is InChI=1S/C14H15NO7/c1-9(16)15(8-12(17)18)14(20)22-10(2)21-13(19)11-6-4-3-5-7-11/h3-7,10H,8H2,1-2H3,(H,17,18). The lowest BCUT2D eigenvalue weighted by molar-refractivity contribution is -0.144. The largest absolute Gasteiger partial charge is 0.480 e. The Morgan fingerprint density at radius 2 is 1.73 bits per heavy atom. The summed E-state index contributed by atoms with van der Waals surface area (Å²) in [5.41, 5.74) is 0.263. The zero-order valence-corrected chi connectivity index (χ0v) is 12.0. The van der Waals surface area contributed by atoms with Gasteiger partial charge in [0.05, 0.1) is 5.56 Å². The first kappa shape index (κ1) is 17.2. The molecule has 0 saturated heterocycles. The Bertz CT molecular complexity index is 570. The predicted molar refractivity (Wildman–Crippen MR) is 72.8 cm³/mol. The number of carbonyl (C=O) groups is 4. The smallest absolute Gasteiger partial charge is 0.420 e. The molecule has 0 heterocycles. The second-order valence-electron chi connectivity index (χ2n) is 4.22. The molecule has 2 amide bonds. The summed E-state index contributed by atoms with van der Waals surface area (Å²) in [6.07, 6.45) is -2.49. The highest BCUT2D eigenvalue weighted by Gasteiger charge is 2.25. The minimum atomic E-state index is -1.37. The molecule has 0 radical (unpaired) electrons. The molecule has 0 fully saturated rings. The fraction of sp³-hybridized carbons (Fsp3) is 0.286. The maximum atomic E-state index is 11.7. The van der Waals surface area contributed by atoms with Crippen LogP contribution in [0, 0.1) is 0 Å². The zero-order chi connectivity index (χ0) is 16.7. The average Bonchev–Trinajstić information content (AvgIpc) is 2.44. The van der Waals surface area contributed by atoms with Crippen LogP contribution in [0.2, 0.25) is 0 Å². The van der Waals surface area contributed by atoms with E-state index in [-0.39, 0.29) is 5.56 Å². The van der Waals surface area contributed by atoms with Crippen LogP contribution in [-0.4, -0.2) is 46.8 Å². The zero-order valence-electron chi connectivity index (χ0n) is 12.0. The normalized spacial score (nSPS) is 11.2. The van der Waals surface area contributed by atoms with Crippen molar-refractivity contribution >= 4 is 23.9 Å². The number of imide groups is 1. The number of ether oxygens (including phenoxy) is 2. The average molecular weight is 309 g/mol. The van der Waals surface area contributed by atoms with Gasteiger partial charge in [-0.2, -0.15) is 0 Å². The lowest BCUT2D eigenvalue weighted by atomic mass is 10.2. The van der Waals surface area contributed by atoms with E-state index in [9.17, 15) is 19.2 Å². The number of carbonyl (C=O) groups excluding carboxylic acids is 3. The van der Waals surface area contributed by atoms with Crippen molar-refractivity contribution in [2.24, 2.45) is 0 Å². The van der Waals surface area contributed by atoms with E-state index < -0.39 is 36.8 Å². The molecule has 8 nitrogen and oxygen atoms in total. The molecule has 0 aliphatic carbocycles. The number of benzene rings is 1. The minimum Gasteiger partial charge on any atom is -0.480 e. The third-order valence-electron chi connectivity index (χ3n) is 2.44. The van der Waals surface area contributed by atoms with Crippen LogP contribution >= 0.6 is 0 Å². The summed E-state index contributed by atoms with van der Waals surface area (Å²) >= 11 is 0. The molecule has 1 aromatic rings. The lowest BCUT2D eigenvalue weighted by Gasteiger charge is -2.20. The topological polar surface area (TPSA) is 110 Å². The molecule has 1 unspecified atom stereocenters. The van der Waals surface area contributed by atoms with E-state index in [4.69, 9.17) is 14.6 Å². The monoisotopic (exact) mass is 309 g/mol. The molecule has 0 bridgehead atoms. The summed E-state index contributed by atoms with van der Waals surface area (Å²) in [4.78, 5) is 45.6. The third-order valence-corrected chi connectivity index (χ3v) is 2.44. The molecule has 1 rings (SSSR count).